The van der Waals surface area contributed by atoms with Gasteiger partial charge in [-0.15, -0.1) is 0 Å². The fourth-order valence-electron chi connectivity index (χ4n) is 8.82. The van der Waals surface area contributed by atoms with Crippen molar-refractivity contribution in [2.45, 2.75) is 95.3 Å². The predicted molar refractivity (Wildman–Crippen MR) is 229 cm³/mol. The number of anilines is 2. The maximum atomic E-state index is 6.95. The molecular formula is C51H54N2O2. The van der Waals surface area contributed by atoms with Gasteiger partial charge in [-0.05, 0) is 132 Å². The highest BCUT2D eigenvalue weighted by Gasteiger charge is 2.33. The summed E-state index contributed by atoms with van der Waals surface area (Å²) in [6.07, 6.45) is 12.2. The van der Waals surface area contributed by atoms with Crippen molar-refractivity contribution in [1.82, 2.24) is 0 Å². The lowest BCUT2D eigenvalue weighted by molar-refractivity contribution is 0.417. The maximum Gasteiger partial charge on any atom is 0.138 e. The number of hydrogen-bond donors (Lipinski definition) is 2. The Labute approximate surface area is 327 Å². The number of rotatable bonds is 10. The van der Waals surface area contributed by atoms with Gasteiger partial charge in [-0.25, -0.2) is 0 Å². The van der Waals surface area contributed by atoms with Crippen LogP contribution in [0.3, 0.4) is 0 Å². The minimum Gasteiger partial charge on any atom is -0.456 e. The molecule has 0 spiro atoms. The Hall–Kier alpha value is -5.48. The van der Waals surface area contributed by atoms with Gasteiger partial charge in [0.1, 0.15) is 23.0 Å². The Balaban J connectivity index is 1.34. The normalized spacial score (nSPS) is 15.5. The molecule has 0 aromatic heterocycles. The van der Waals surface area contributed by atoms with Crippen molar-refractivity contribution in [3.8, 4) is 45.3 Å². The molecule has 280 valence electrons. The van der Waals surface area contributed by atoms with Gasteiger partial charge < -0.3 is 20.9 Å². The summed E-state index contributed by atoms with van der Waals surface area (Å²) in [6, 6.07) is 46.9. The van der Waals surface area contributed by atoms with Crippen LogP contribution in [0.5, 0.6) is 23.0 Å². The van der Waals surface area contributed by atoms with Crippen LogP contribution in [0.2, 0.25) is 0 Å². The van der Waals surface area contributed by atoms with Gasteiger partial charge in [-0.1, -0.05) is 125 Å². The van der Waals surface area contributed by atoms with Gasteiger partial charge in [0, 0.05) is 27.9 Å². The highest BCUT2D eigenvalue weighted by atomic mass is 16.5. The molecule has 0 bridgehead atoms. The Bertz CT molecular complexity index is 2040. The van der Waals surface area contributed by atoms with Crippen molar-refractivity contribution in [2.75, 3.05) is 11.5 Å². The number of hydrogen-bond acceptors (Lipinski definition) is 4. The molecule has 4 nitrogen and oxygen atoms in total. The Kier molecular flexibility index (Phi) is 10.7. The van der Waals surface area contributed by atoms with Gasteiger partial charge in [-0.2, -0.15) is 0 Å². The molecule has 4 N–H and O–H groups in total. The van der Waals surface area contributed by atoms with E-state index in [1.807, 2.05) is 48.5 Å². The average molecular weight is 727 g/mol. The van der Waals surface area contributed by atoms with Crippen LogP contribution in [0.4, 0.5) is 11.4 Å². The van der Waals surface area contributed by atoms with Gasteiger partial charge in [0.25, 0.3) is 0 Å². The van der Waals surface area contributed by atoms with Crippen LogP contribution < -0.4 is 20.9 Å². The Morgan fingerprint density at radius 2 is 0.818 bits per heavy atom. The van der Waals surface area contributed by atoms with Crippen molar-refractivity contribution >= 4 is 11.4 Å². The largest absolute Gasteiger partial charge is 0.456 e. The summed E-state index contributed by atoms with van der Waals surface area (Å²) < 4.78 is 13.9. The van der Waals surface area contributed by atoms with Gasteiger partial charge in [0.2, 0.25) is 0 Å². The number of ether oxygens (including phenoxy) is 2. The minimum absolute atomic E-state index is 0.348. The van der Waals surface area contributed by atoms with E-state index in [9.17, 15) is 0 Å². The van der Waals surface area contributed by atoms with Crippen LogP contribution in [-0.2, 0) is 5.41 Å². The fraction of sp³-hybridized carbons (Fsp3) is 0.294. The molecular weight excluding hydrogens is 673 g/mol. The summed E-state index contributed by atoms with van der Waals surface area (Å²) in [5.41, 5.74) is 23.1. The summed E-state index contributed by atoms with van der Waals surface area (Å²) in [5, 5.41) is 0. The topological polar surface area (TPSA) is 70.5 Å². The molecule has 0 saturated heterocycles. The summed E-state index contributed by atoms with van der Waals surface area (Å²) in [7, 11) is 0. The zero-order chi connectivity index (χ0) is 37.8. The molecule has 0 atom stereocenters. The van der Waals surface area contributed by atoms with Crippen LogP contribution in [0, 0.1) is 0 Å². The second kappa shape index (κ2) is 16.1. The highest BCUT2D eigenvalue weighted by Crippen LogP contribution is 2.50. The summed E-state index contributed by atoms with van der Waals surface area (Å²) >= 11 is 0. The molecule has 0 heterocycles. The zero-order valence-electron chi connectivity index (χ0n) is 32.4. The third-order valence-corrected chi connectivity index (χ3v) is 12.1. The highest BCUT2D eigenvalue weighted by molar-refractivity contribution is 5.77. The van der Waals surface area contributed by atoms with E-state index in [0.29, 0.717) is 11.8 Å². The third kappa shape index (κ3) is 8.01. The lowest BCUT2D eigenvalue weighted by atomic mass is 9.72. The van der Waals surface area contributed by atoms with E-state index < -0.39 is 0 Å². The van der Waals surface area contributed by atoms with Crippen LogP contribution >= 0.6 is 0 Å². The molecule has 4 heteroatoms. The molecule has 2 saturated carbocycles. The maximum absolute atomic E-state index is 6.95. The average Bonchev–Trinajstić information content (AvgIpc) is 3.23. The first-order valence-electron chi connectivity index (χ1n) is 20.4. The van der Waals surface area contributed by atoms with Crippen LogP contribution in [0.15, 0.2) is 133 Å². The van der Waals surface area contributed by atoms with Crippen molar-refractivity contribution in [3.05, 3.63) is 156 Å². The van der Waals surface area contributed by atoms with Crippen molar-refractivity contribution in [2.24, 2.45) is 0 Å². The molecule has 6 aromatic rings. The number of nitrogens with two attached hydrogens (primary N) is 2. The first-order valence-corrected chi connectivity index (χ1v) is 20.4. The van der Waals surface area contributed by atoms with E-state index in [1.165, 1.54) is 60.8 Å². The molecule has 6 aromatic carbocycles. The summed E-state index contributed by atoms with van der Waals surface area (Å²) in [4.78, 5) is 0. The van der Waals surface area contributed by atoms with Crippen LogP contribution in [0.1, 0.15) is 112 Å². The van der Waals surface area contributed by atoms with Crippen molar-refractivity contribution in [3.63, 3.8) is 0 Å². The van der Waals surface area contributed by atoms with Crippen molar-refractivity contribution < 1.29 is 9.47 Å². The second-order valence-corrected chi connectivity index (χ2v) is 16.3. The molecule has 55 heavy (non-hydrogen) atoms. The van der Waals surface area contributed by atoms with Crippen molar-refractivity contribution in [1.29, 1.82) is 0 Å². The van der Waals surface area contributed by atoms with Gasteiger partial charge in [0.05, 0.1) is 0 Å². The van der Waals surface area contributed by atoms with Gasteiger partial charge >= 0.3 is 0 Å². The number of benzene rings is 6. The van der Waals surface area contributed by atoms with Gasteiger partial charge in [0.15, 0.2) is 0 Å². The molecule has 2 fully saturated rings. The molecule has 0 aliphatic heterocycles. The first kappa shape index (κ1) is 36.5. The Morgan fingerprint density at radius 3 is 1.18 bits per heavy atom. The minimum atomic E-state index is -0.348. The molecule has 2 aliphatic rings. The summed E-state index contributed by atoms with van der Waals surface area (Å²) in [6.45, 7) is 4.80. The summed E-state index contributed by atoms with van der Waals surface area (Å²) in [5.74, 6) is 4.37. The molecule has 0 radical (unpaired) electrons. The predicted octanol–water partition coefficient (Wildman–Crippen LogP) is 14.2. The third-order valence-electron chi connectivity index (χ3n) is 12.1. The lowest BCUT2D eigenvalue weighted by Crippen LogP contribution is -2.21. The molecule has 0 amide bonds. The van der Waals surface area contributed by atoms with Gasteiger partial charge in [-0.3, -0.25) is 0 Å². The van der Waals surface area contributed by atoms with E-state index in [-0.39, 0.29) is 5.41 Å². The van der Waals surface area contributed by atoms with E-state index in [4.69, 9.17) is 20.9 Å². The smallest absolute Gasteiger partial charge is 0.138 e. The van der Waals surface area contributed by atoms with E-state index in [0.717, 1.165) is 82.3 Å². The molecule has 2 aliphatic carbocycles. The quantitative estimate of drug-likeness (QED) is 0.138. The van der Waals surface area contributed by atoms with E-state index in [1.54, 1.807) is 0 Å². The molecule has 8 rings (SSSR count). The Morgan fingerprint density at radius 1 is 0.455 bits per heavy atom. The van der Waals surface area contributed by atoms with E-state index in [2.05, 4.69) is 98.8 Å². The van der Waals surface area contributed by atoms with Crippen LogP contribution in [0.25, 0.3) is 22.3 Å². The fourth-order valence-corrected chi connectivity index (χ4v) is 8.82. The van der Waals surface area contributed by atoms with Crippen LogP contribution in [-0.4, -0.2) is 0 Å². The zero-order valence-corrected chi connectivity index (χ0v) is 32.4. The van der Waals surface area contributed by atoms with E-state index >= 15 is 0 Å². The molecule has 0 unspecified atom stereocenters. The monoisotopic (exact) mass is 726 g/mol. The number of nitrogen functional groups attached to an aromatic ring is 2. The standard InChI is InChI=1S/C51H54N2O2/c1-51(2,39-31-45(35-15-7-3-8-16-35)49(54-43-27-23-41(52)24-28-43)46(32-39)36-17-9-4-10-18-36)40-33-47(37-19-11-5-12-20-37)50(55-44-29-25-42(53)26-30-44)48(34-40)38-21-13-6-14-22-38/h3,5,7-8,11-12,15-16,19-20,23-34,36,38H,4,6,9-10,13-14,17-18,21-22,52-53H2,1-2H3. The lowest BCUT2D eigenvalue weighted by Gasteiger charge is -2.33. The second-order valence-electron chi connectivity index (χ2n) is 16.3. The first-order chi connectivity index (χ1) is 26.8. The SMILES string of the molecule is CC(C)(c1cc(-c2ccccc2)c(Oc2ccc(N)cc2)c(C2CCCCC2)c1)c1cc(-c2ccccc2)c(Oc2ccc(N)cc2)c(C2CCCCC2)c1.